The second kappa shape index (κ2) is 5.19. The van der Waals surface area contributed by atoms with Crippen LogP contribution < -0.4 is 0 Å². The number of ether oxygens (including phenoxy) is 1. The summed E-state index contributed by atoms with van der Waals surface area (Å²) in [5.41, 5.74) is -0.781. The lowest BCUT2D eigenvalue weighted by Crippen LogP contribution is -2.42. The number of halogens is 3. The summed E-state index contributed by atoms with van der Waals surface area (Å²) < 4.78 is 43.6. The van der Waals surface area contributed by atoms with Crippen LogP contribution in [0.15, 0.2) is 0 Å². The average Bonchev–Trinajstić information content (AvgIpc) is 2.51. The lowest BCUT2D eigenvalue weighted by Gasteiger charge is -2.28. The summed E-state index contributed by atoms with van der Waals surface area (Å²) in [6, 6.07) is -0.860. The Balaban J connectivity index is 2.87. The minimum atomic E-state index is -4.39. The number of amides is 1. The molecule has 0 aliphatic carbocycles. The number of aliphatic hydroxyl groups is 1. The number of carbonyl (C=O) groups excluding carboxylic acids is 1. The Bertz CT molecular complexity index is 338. The van der Waals surface area contributed by atoms with Crippen LogP contribution >= 0.6 is 0 Å². The number of hydrogen-bond donors (Lipinski definition) is 1. The maximum Gasteiger partial charge on any atom is 0.410 e. The molecule has 0 saturated carbocycles. The predicted molar refractivity (Wildman–Crippen MR) is 62.5 cm³/mol. The first kappa shape index (κ1) is 16.1. The Kier molecular flexibility index (Phi) is 4.39. The molecule has 1 rings (SSSR count). The molecule has 7 heteroatoms. The number of rotatable bonds is 1. The van der Waals surface area contributed by atoms with E-state index in [0.29, 0.717) is 0 Å². The van der Waals surface area contributed by atoms with E-state index in [9.17, 15) is 23.1 Å². The summed E-state index contributed by atoms with van der Waals surface area (Å²) in [5.74, 6) is -2.48. The second-order valence-electron chi connectivity index (χ2n) is 5.89. The molecule has 0 bridgehead atoms. The molecule has 112 valence electrons. The van der Waals surface area contributed by atoms with Crippen molar-refractivity contribution in [2.45, 2.75) is 45.5 Å². The van der Waals surface area contributed by atoms with E-state index in [1.54, 1.807) is 20.8 Å². The zero-order chi connectivity index (χ0) is 15.0. The number of nitrogens with zero attached hydrogens (tertiary/aromatic N) is 1. The van der Waals surface area contributed by atoms with Crippen molar-refractivity contribution in [2.24, 2.45) is 11.8 Å². The van der Waals surface area contributed by atoms with Crippen molar-refractivity contribution in [1.82, 2.24) is 4.90 Å². The monoisotopic (exact) mass is 283 g/mol. The number of hydrogen-bond acceptors (Lipinski definition) is 3. The molecule has 0 radical (unpaired) electrons. The smallest absolute Gasteiger partial charge is 0.410 e. The van der Waals surface area contributed by atoms with Gasteiger partial charge in [-0.25, -0.2) is 4.79 Å². The van der Waals surface area contributed by atoms with Gasteiger partial charge in [-0.05, 0) is 26.7 Å². The Morgan fingerprint density at radius 1 is 1.37 bits per heavy atom. The molecule has 1 N–H and O–H groups in total. The van der Waals surface area contributed by atoms with E-state index in [2.05, 4.69) is 0 Å². The van der Waals surface area contributed by atoms with Gasteiger partial charge in [0.15, 0.2) is 0 Å². The van der Waals surface area contributed by atoms with Crippen LogP contribution in [0.5, 0.6) is 0 Å². The molecule has 1 aliphatic heterocycles. The van der Waals surface area contributed by atoms with E-state index in [1.807, 2.05) is 0 Å². The predicted octanol–water partition coefficient (Wildman–Crippen LogP) is 2.41. The summed E-state index contributed by atoms with van der Waals surface area (Å²) in [6.45, 7) is 5.33. The molecule has 1 amide bonds. The van der Waals surface area contributed by atoms with Crippen LogP contribution in [0.4, 0.5) is 18.0 Å². The fourth-order valence-corrected chi connectivity index (χ4v) is 2.26. The molecule has 0 aromatic carbocycles. The van der Waals surface area contributed by atoms with Crippen molar-refractivity contribution >= 4 is 6.09 Å². The van der Waals surface area contributed by atoms with Crippen molar-refractivity contribution in [3.8, 4) is 0 Å². The first-order chi connectivity index (χ1) is 8.47. The highest BCUT2D eigenvalue weighted by Gasteiger charge is 2.53. The van der Waals surface area contributed by atoms with E-state index in [0.717, 1.165) is 4.90 Å². The molecular weight excluding hydrogens is 263 g/mol. The zero-order valence-corrected chi connectivity index (χ0v) is 11.5. The van der Waals surface area contributed by atoms with Crippen LogP contribution in [0.3, 0.4) is 0 Å². The van der Waals surface area contributed by atoms with Gasteiger partial charge in [-0.2, -0.15) is 13.2 Å². The van der Waals surface area contributed by atoms with Gasteiger partial charge in [-0.15, -0.1) is 0 Å². The van der Waals surface area contributed by atoms with Gasteiger partial charge in [0.2, 0.25) is 0 Å². The topological polar surface area (TPSA) is 49.8 Å². The van der Waals surface area contributed by atoms with Crippen molar-refractivity contribution in [1.29, 1.82) is 0 Å². The van der Waals surface area contributed by atoms with Crippen LogP contribution in [-0.4, -0.2) is 47.1 Å². The molecular formula is C12H20F3NO3. The van der Waals surface area contributed by atoms with Crippen molar-refractivity contribution < 1.29 is 27.8 Å². The van der Waals surface area contributed by atoms with Gasteiger partial charge in [-0.1, -0.05) is 6.92 Å². The van der Waals surface area contributed by atoms with Gasteiger partial charge in [0, 0.05) is 6.54 Å². The van der Waals surface area contributed by atoms with E-state index < -0.39 is 48.9 Å². The maximum absolute atomic E-state index is 12.8. The minimum Gasteiger partial charge on any atom is -0.444 e. The Morgan fingerprint density at radius 2 is 1.89 bits per heavy atom. The maximum atomic E-state index is 12.8. The van der Waals surface area contributed by atoms with Gasteiger partial charge >= 0.3 is 12.3 Å². The number of alkyl halides is 3. The average molecular weight is 283 g/mol. The molecule has 0 aromatic rings. The van der Waals surface area contributed by atoms with Crippen molar-refractivity contribution in [3.05, 3.63) is 0 Å². The van der Waals surface area contributed by atoms with E-state index >= 15 is 0 Å². The van der Waals surface area contributed by atoms with E-state index in [1.165, 1.54) is 6.92 Å². The van der Waals surface area contributed by atoms with Crippen LogP contribution in [0.2, 0.25) is 0 Å². The Hall–Kier alpha value is -0.980. The van der Waals surface area contributed by atoms with Crippen LogP contribution in [0.25, 0.3) is 0 Å². The number of likely N-dealkylation sites (tertiary alicyclic amines) is 1. The first-order valence-corrected chi connectivity index (χ1v) is 6.14. The van der Waals surface area contributed by atoms with Crippen molar-refractivity contribution in [2.75, 3.05) is 13.2 Å². The third-order valence-electron chi connectivity index (χ3n) is 3.27. The number of aliphatic hydroxyl groups excluding tert-OH is 1. The molecule has 0 unspecified atom stereocenters. The standard InChI is InChI=1S/C12H20F3NO3/c1-7-8(12(13,14)15)5-16(9(7)6-17)10(18)19-11(2,3)4/h7-9,17H,5-6H2,1-4H3/t7-,8+,9+/m1/s1. The molecule has 0 aromatic heterocycles. The lowest BCUT2D eigenvalue weighted by atomic mass is 9.92. The minimum absolute atomic E-state index is 0.467. The van der Waals surface area contributed by atoms with Gasteiger partial charge in [0.1, 0.15) is 5.60 Å². The van der Waals surface area contributed by atoms with Gasteiger partial charge in [-0.3, -0.25) is 0 Å². The van der Waals surface area contributed by atoms with Gasteiger partial charge in [0.05, 0.1) is 18.6 Å². The molecule has 3 atom stereocenters. The quantitative estimate of drug-likeness (QED) is 0.804. The fourth-order valence-electron chi connectivity index (χ4n) is 2.26. The molecule has 1 heterocycles. The van der Waals surface area contributed by atoms with Crippen molar-refractivity contribution in [3.63, 3.8) is 0 Å². The highest BCUT2D eigenvalue weighted by atomic mass is 19.4. The second-order valence-corrected chi connectivity index (χ2v) is 5.89. The molecule has 4 nitrogen and oxygen atoms in total. The third-order valence-corrected chi connectivity index (χ3v) is 3.27. The van der Waals surface area contributed by atoms with E-state index in [4.69, 9.17) is 4.74 Å². The SMILES string of the molecule is C[C@H]1[C@H](CO)N(C(=O)OC(C)(C)C)C[C@@H]1C(F)(F)F. The number of carbonyl (C=O) groups is 1. The molecule has 1 fully saturated rings. The van der Waals surface area contributed by atoms with Crippen LogP contribution in [0.1, 0.15) is 27.7 Å². The lowest BCUT2D eigenvalue weighted by molar-refractivity contribution is -0.179. The Morgan fingerprint density at radius 3 is 2.26 bits per heavy atom. The van der Waals surface area contributed by atoms with Crippen LogP contribution in [-0.2, 0) is 4.74 Å². The summed E-state index contributed by atoms with van der Waals surface area (Å²) >= 11 is 0. The van der Waals surface area contributed by atoms with Crippen LogP contribution in [0, 0.1) is 11.8 Å². The highest BCUT2D eigenvalue weighted by molar-refractivity contribution is 5.69. The van der Waals surface area contributed by atoms with Gasteiger partial charge < -0.3 is 14.7 Å². The summed E-state index contributed by atoms with van der Waals surface area (Å²) in [7, 11) is 0. The molecule has 1 saturated heterocycles. The first-order valence-electron chi connectivity index (χ1n) is 6.14. The third kappa shape index (κ3) is 3.75. The molecule has 0 spiro atoms. The zero-order valence-electron chi connectivity index (χ0n) is 11.5. The summed E-state index contributed by atoms with van der Waals surface area (Å²) in [4.78, 5) is 12.9. The normalized spacial score (nSPS) is 28.6. The summed E-state index contributed by atoms with van der Waals surface area (Å²) in [5, 5.41) is 9.22. The molecule has 1 aliphatic rings. The fraction of sp³-hybridized carbons (Fsp3) is 0.917. The Labute approximate surface area is 110 Å². The molecule has 19 heavy (non-hydrogen) atoms. The summed E-state index contributed by atoms with van der Waals surface area (Å²) in [6.07, 6.45) is -5.20. The van der Waals surface area contributed by atoms with E-state index in [-0.39, 0.29) is 0 Å². The largest absolute Gasteiger partial charge is 0.444 e. The van der Waals surface area contributed by atoms with Gasteiger partial charge in [0.25, 0.3) is 0 Å². The highest BCUT2D eigenvalue weighted by Crippen LogP contribution is 2.41.